The summed E-state index contributed by atoms with van der Waals surface area (Å²) in [5.74, 6) is 0. The summed E-state index contributed by atoms with van der Waals surface area (Å²) in [5, 5.41) is 9.41. The highest BCUT2D eigenvalue weighted by atomic mass is 32.1. The smallest absolute Gasteiger partial charge is 0.0587 e. The van der Waals surface area contributed by atoms with Gasteiger partial charge in [-0.15, -0.1) is 11.3 Å². The lowest BCUT2D eigenvalue weighted by molar-refractivity contribution is 0.153. The van der Waals surface area contributed by atoms with E-state index in [4.69, 9.17) is 0 Å². The summed E-state index contributed by atoms with van der Waals surface area (Å²) in [5.41, 5.74) is 2.65. The average Bonchev–Trinajstić information content (AvgIpc) is 3.08. The molecule has 20 heavy (non-hydrogen) atoms. The normalized spacial score (nSPS) is 19.6. The lowest BCUT2D eigenvalue weighted by Gasteiger charge is -2.22. The van der Waals surface area contributed by atoms with Crippen LogP contribution < -0.4 is 0 Å². The molecule has 0 aliphatic carbocycles. The maximum absolute atomic E-state index is 9.41. The van der Waals surface area contributed by atoms with Gasteiger partial charge in [0.1, 0.15) is 0 Å². The van der Waals surface area contributed by atoms with Crippen molar-refractivity contribution in [3.05, 3.63) is 46.8 Å². The molecule has 1 N–H and O–H groups in total. The van der Waals surface area contributed by atoms with Crippen LogP contribution in [0.15, 0.2) is 36.4 Å². The molecule has 0 amide bonds. The molecule has 106 valence electrons. The van der Waals surface area contributed by atoms with Gasteiger partial charge in [0.05, 0.1) is 6.61 Å². The molecule has 1 aromatic heterocycles. The van der Waals surface area contributed by atoms with Gasteiger partial charge in [-0.3, -0.25) is 4.90 Å². The van der Waals surface area contributed by atoms with Crippen molar-refractivity contribution in [2.45, 2.75) is 32.4 Å². The second kappa shape index (κ2) is 6.08. The van der Waals surface area contributed by atoms with Crippen LogP contribution in [0, 0.1) is 6.92 Å². The Morgan fingerprint density at radius 1 is 1.30 bits per heavy atom. The number of hydrogen-bond acceptors (Lipinski definition) is 3. The highest BCUT2D eigenvalue weighted by molar-refractivity contribution is 7.15. The molecule has 0 bridgehead atoms. The molecule has 1 fully saturated rings. The molecule has 1 aromatic carbocycles. The maximum Gasteiger partial charge on any atom is 0.0587 e. The van der Waals surface area contributed by atoms with Crippen molar-refractivity contribution in [2.24, 2.45) is 0 Å². The number of nitrogens with zero attached hydrogens (tertiary/aromatic N) is 1. The highest BCUT2D eigenvalue weighted by Crippen LogP contribution is 2.29. The van der Waals surface area contributed by atoms with Crippen LogP contribution >= 0.6 is 11.3 Å². The number of hydrogen-bond donors (Lipinski definition) is 1. The maximum atomic E-state index is 9.41. The summed E-state index contributed by atoms with van der Waals surface area (Å²) in [6.07, 6.45) is 2.33. The van der Waals surface area contributed by atoms with Gasteiger partial charge in [0.2, 0.25) is 0 Å². The SMILES string of the molecule is Cc1ccc(-c2cccc(CN3CCC[C@H]3CO)c2)s1. The molecule has 1 aliphatic rings. The van der Waals surface area contributed by atoms with Crippen LogP contribution in [-0.2, 0) is 6.54 Å². The van der Waals surface area contributed by atoms with Crippen molar-refractivity contribution in [1.29, 1.82) is 0 Å². The minimum atomic E-state index is 0.282. The topological polar surface area (TPSA) is 23.5 Å². The third-order valence-electron chi connectivity index (χ3n) is 4.05. The van der Waals surface area contributed by atoms with Crippen molar-refractivity contribution in [3.63, 3.8) is 0 Å². The first-order chi connectivity index (χ1) is 9.76. The van der Waals surface area contributed by atoms with Gasteiger partial charge in [-0.05, 0) is 55.6 Å². The van der Waals surface area contributed by atoms with E-state index in [2.05, 4.69) is 48.2 Å². The van der Waals surface area contributed by atoms with E-state index in [-0.39, 0.29) is 6.61 Å². The van der Waals surface area contributed by atoms with Crippen molar-refractivity contribution < 1.29 is 5.11 Å². The van der Waals surface area contributed by atoms with E-state index in [9.17, 15) is 5.11 Å². The lowest BCUT2D eigenvalue weighted by atomic mass is 10.1. The molecule has 3 rings (SSSR count). The van der Waals surface area contributed by atoms with Gasteiger partial charge in [0.25, 0.3) is 0 Å². The summed E-state index contributed by atoms with van der Waals surface area (Å²) in [6, 6.07) is 13.5. The zero-order valence-corrected chi connectivity index (χ0v) is 12.7. The second-order valence-electron chi connectivity index (χ2n) is 5.56. The standard InChI is InChI=1S/C17H21NOS/c1-13-7-8-17(20-13)15-5-2-4-14(10-15)11-18-9-3-6-16(18)12-19/h2,4-5,7-8,10,16,19H,3,6,9,11-12H2,1H3/t16-/m0/s1. The summed E-state index contributed by atoms with van der Waals surface area (Å²) in [6.45, 7) is 4.48. The number of aliphatic hydroxyl groups is 1. The van der Waals surface area contributed by atoms with Crippen LogP contribution in [0.3, 0.4) is 0 Å². The number of benzene rings is 1. The first-order valence-corrected chi connectivity index (χ1v) is 8.08. The van der Waals surface area contributed by atoms with Gasteiger partial charge < -0.3 is 5.11 Å². The van der Waals surface area contributed by atoms with Crippen molar-refractivity contribution in [1.82, 2.24) is 4.90 Å². The zero-order valence-electron chi connectivity index (χ0n) is 11.9. The summed E-state index contributed by atoms with van der Waals surface area (Å²) >= 11 is 1.84. The van der Waals surface area contributed by atoms with Crippen molar-refractivity contribution in [3.8, 4) is 10.4 Å². The minimum Gasteiger partial charge on any atom is -0.395 e. The van der Waals surface area contributed by atoms with Crippen molar-refractivity contribution in [2.75, 3.05) is 13.2 Å². The van der Waals surface area contributed by atoms with Crippen LogP contribution in [0.5, 0.6) is 0 Å². The predicted octanol–water partition coefficient (Wildman–Crippen LogP) is 3.68. The van der Waals surface area contributed by atoms with Crippen LogP contribution in [0.2, 0.25) is 0 Å². The Labute approximate surface area is 124 Å². The molecule has 0 unspecified atom stereocenters. The molecule has 0 spiro atoms. The first-order valence-electron chi connectivity index (χ1n) is 7.27. The van der Waals surface area contributed by atoms with Gasteiger partial charge in [-0.2, -0.15) is 0 Å². The van der Waals surface area contributed by atoms with E-state index in [0.717, 1.165) is 19.5 Å². The molecule has 2 aromatic rings. The lowest BCUT2D eigenvalue weighted by Crippen LogP contribution is -2.31. The van der Waals surface area contributed by atoms with Crippen molar-refractivity contribution >= 4 is 11.3 Å². The third kappa shape index (κ3) is 2.95. The van der Waals surface area contributed by atoms with Gasteiger partial charge >= 0.3 is 0 Å². The van der Waals surface area contributed by atoms with Gasteiger partial charge in [-0.1, -0.05) is 18.2 Å². The Morgan fingerprint density at radius 3 is 2.95 bits per heavy atom. The van der Waals surface area contributed by atoms with E-state index in [1.54, 1.807) is 0 Å². The van der Waals surface area contributed by atoms with Crippen LogP contribution in [0.4, 0.5) is 0 Å². The van der Waals surface area contributed by atoms with E-state index < -0.39 is 0 Å². The Balaban J connectivity index is 1.77. The van der Waals surface area contributed by atoms with Crippen LogP contribution in [-0.4, -0.2) is 29.2 Å². The fraction of sp³-hybridized carbons (Fsp3) is 0.412. The van der Waals surface area contributed by atoms with E-state index in [0.29, 0.717) is 6.04 Å². The monoisotopic (exact) mass is 287 g/mol. The molecule has 2 nitrogen and oxygen atoms in total. The molecule has 0 saturated carbocycles. The van der Waals surface area contributed by atoms with E-state index >= 15 is 0 Å². The molecule has 2 heterocycles. The molecule has 0 radical (unpaired) electrons. The largest absolute Gasteiger partial charge is 0.395 e. The quantitative estimate of drug-likeness (QED) is 0.927. The van der Waals surface area contributed by atoms with Crippen LogP contribution in [0.25, 0.3) is 10.4 Å². The Kier molecular flexibility index (Phi) is 4.20. The number of thiophene rings is 1. The molecule has 1 atom stereocenters. The second-order valence-corrected chi connectivity index (χ2v) is 6.85. The zero-order chi connectivity index (χ0) is 13.9. The molecular weight excluding hydrogens is 266 g/mol. The Hall–Kier alpha value is -1.16. The summed E-state index contributed by atoms with van der Waals surface area (Å²) < 4.78 is 0. The minimum absolute atomic E-state index is 0.282. The molecule has 1 aliphatic heterocycles. The first kappa shape index (κ1) is 13.8. The van der Waals surface area contributed by atoms with Gasteiger partial charge in [0.15, 0.2) is 0 Å². The number of aliphatic hydroxyl groups excluding tert-OH is 1. The fourth-order valence-corrected chi connectivity index (χ4v) is 3.82. The van der Waals surface area contributed by atoms with Gasteiger partial charge in [0, 0.05) is 22.3 Å². The highest BCUT2D eigenvalue weighted by Gasteiger charge is 2.23. The van der Waals surface area contributed by atoms with Gasteiger partial charge in [-0.25, -0.2) is 0 Å². The Morgan fingerprint density at radius 2 is 2.20 bits per heavy atom. The third-order valence-corrected chi connectivity index (χ3v) is 5.10. The van der Waals surface area contributed by atoms with E-state index in [1.165, 1.54) is 27.3 Å². The fourth-order valence-electron chi connectivity index (χ4n) is 2.96. The number of aryl methyl sites for hydroxylation is 1. The van der Waals surface area contributed by atoms with E-state index in [1.807, 2.05) is 11.3 Å². The average molecular weight is 287 g/mol. The summed E-state index contributed by atoms with van der Waals surface area (Å²) in [7, 11) is 0. The summed E-state index contributed by atoms with van der Waals surface area (Å²) in [4.78, 5) is 5.09. The Bertz CT molecular complexity index is 578. The predicted molar refractivity (Wildman–Crippen MR) is 85.0 cm³/mol. The molecular formula is C17H21NOS. The number of likely N-dealkylation sites (tertiary alicyclic amines) is 1. The number of rotatable bonds is 4. The molecule has 3 heteroatoms. The van der Waals surface area contributed by atoms with Crippen LogP contribution in [0.1, 0.15) is 23.3 Å². The molecule has 1 saturated heterocycles.